The largest absolute Gasteiger partial charge is 0.420 e. The predicted molar refractivity (Wildman–Crippen MR) is 244 cm³/mol. The van der Waals surface area contributed by atoms with Gasteiger partial charge in [0.25, 0.3) is 0 Å². The van der Waals surface area contributed by atoms with Gasteiger partial charge in [0.1, 0.15) is 44.5 Å². The SMILES string of the molecule is FC(F)(F)c1c2nc(c(C(F)(F)F)c3ccc([nH]3)c(C(F)(F)F)c3cc(C#CC4=Cc5nc4c(C(F)(F)F)c4nc(c(C(F)(F)F)c6ccc([nH]6)c(C(F)(F)F)c6ccc([nH]6)c5C(F)(F)F)C=C4)c([nH]3)c(C(F)(F)F)c3nc1C=C3)C=C2. The van der Waals surface area contributed by atoms with Crippen molar-refractivity contribution in [1.82, 2.24) is 39.9 Å². The van der Waals surface area contributed by atoms with E-state index in [0.717, 1.165) is 0 Å². The van der Waals surface area contributed by atoms with E-state index in [1.54, 1.807) is 26.8 Å². The third-order valence-electron chi connectivity index (χ3n) is 12.3. The molecule has 6 aromatic heterocycles. The zero-order chi connectivity index (χ0) is 60.0. The molecule has 4 aliphatic rings. The van der Waals surface area contributed by atoms with E-state index >= 15 is 52.7 Å². The number of fused-ring (bicyclic) bond motifs is 16. The fraction of sp³-hybridized carbons (Fsp3) is 0.160. The maximum atomic E-state index is 15.5. The minimum absolute atomic E-state index is 0.0197. The number of rotatable bonds is 0. The van der Waals surface area contributed by atoms with E-state index in [1.807, 2.05) is 4.98 Å². The second kappa shape index (κ2) is 18.3. The first-order chi connectivity index (χ1) is 37.7. The second-order valence-corrected chi connectivity index (χ2v) is 17.6. The van der Waals surface area contributed by atoms with Gasteiger partial charge in [-0.15, -0.1) is 0 Å². The standard InChI is InChI=1S/C50H18F24N8/c51-43(52,53)33-19-3-5-21(75-19)35(45(57,58)59)25-11-13-29(79-25)39(49(69,70)71)41-17(15-31(81-41)37(47(63,64)65)27-9-7-23(33)77-27)1-2-18-16-32-38(48(66,67)68)28-10-8-24(78-28)34(44(54,55)56)20-4-6-22(76-20)36(46(60,61)62)26-12-14-30(80-26)40(42(18)82-32)50(72,73)74/h3-16,75,77-78,82H. The summed E-state index contributed by atoms with van der Waals surface area (Å²) in [5.41, 5.74) is -43.5. The van der Waals surface area contributed by atoms with Crippen molar-refractivity contribution < 1.29 is 105 Å². The van der Waals surface area contributed by atoms with Crippen LogP contribution in [-0.4, -0.2) is 39.9 Å². The number of halogens is 24. The molecule has 16 bridgehead atoms. The van der Waals surface area contributed by atoms with Gasteiger partial charge in [-0.25, -0.2) is 19.9 Å². The highest BCUT2D eigenvalue weighted by molar-refractivity contribution is 5.97. The van der Waals surface area contributed by atoms with Crippen molar-refractivity contribution in [2.24, 2.45) is 0 Å². The van der Waals surface area contributed by atoms with Crippen LogP contribution in [-0.2, 0) is 49.4 Å². The molecule has 10 heterocycles. The van der Waals surface area contributed by atoms with E-state index in [1.165, 1.54) is 0 Å². The summed E-state index contributed by atoms with van der Waals surface area (Å²) < 4.78 is 362. The molecule has 6 aromatic rings. The molecule has 0 atom stereocenters. The Balaban J connectivity index is 1.39. The highest BCUT2D eigenvalue weighted by Crippen LogP contribution is 2.47. The monoisotopic (exact) mass is 1190 g/mol. The highest BCUT2D eigenvalue weighted by atomic mass is 19.4. The molecule has 426 valence electrons. The van der Waals surface area contributed by atoms with Crippen LogP contribution in [0.4, 0.5) is 105 Å². The van der Waals surface area contributed by atoms with E-state index in [-0.39, 0.29) is 36.4 Å². The highest BCUT2D eigenvalue weighted by Gasteiger charge is 2.46. The summed E-state index contributed by atoms with van der Waals surface area (Å²) in [7, 11) is 0. The molecule has 82 heavy (non-hydrogen) atoms. The molecule has 0 aromatic carbocycles. The van der Waals surface area contributed by atoms with Crippen LogP contribution in [0, 0.1) is 11.8 Å². The van der Waals surface area contributed by atoms with E-state index in [4.69, 9.17) is 0 Å². The number of hydrogen-bond donors (Lipinski definition) is 4. The molecule has 0 saturated carbocycles. The smallest absolute Gasteiger partial charge is 0.354 e. The minimum atomic E-state index is -6.00. The number of nitrogens with one attached hydrogen (secondary N) is 4. The summed E-state index contributed by atoms with van der Waals surface area (Å²) in [6.07, 6.45) is -44.6. The van der Waals surface area contributed by atoms with Gasteiger partial charge >= 0.3 is 49.4 Å². The summed E-state index contributed by atoms with van der Waals surface area (Å²) in [6.45, 7) is 0. The Kier molecular flexibility index (Phi) is 12.6. The van der Waals surface area contributed by atoms with Gasteiger partial charge < -0.3 is 19.9 Å². The molecule has 0 spiro atoms. The van der Waals surface area contributed by atoms with Crippen LogP contribution in [0.2, 0.25) is 0 Å². The van der Waals surface area contributed by atoms with Crippen molar-refractivity contribution in [2.45, 2.75) is 49.4 Å². The lowest BCUT2D eigenvalue weighted by atomic mass is 10.0. The third kappa shape index (κ3) is 10.1. The third-order valence-corrected chi connectivity index (χ3v) is 12.3. The number of H-pyrrole nitrogens is 4. The lowest BCUT2D eigenvalue weighted by Crippen LogP contribution is -2.12. The van der Waals surface area contributed by atoms with Crippen LogP contribution in [0.1, 0.15) is 95.6 Å². The van der Waals surface area contributed by atoms with Gasteiger partial charge in [0.15, 0.2) is 0 Å². The molecule has 4 N–H and O–H groups in total. The van der Waals surface area contributed by atoms with Gasteiger partial charge in [-0.2, -0.15) is 105 Å². The van der Waals surface area contributed by atoms with Crippen LogP contribution < -0.4 is 0 Å². The summed E-state index contributed by atoms with van der Waals surface area (Å²) in [5, 5.41) is 0. The second-order valence-electron chi connectivity index (χ2n) is 17.6. The number of nitrogens with zero attached hydrogens (tertiary/aromatic N) is 4. The van der Waals surface area contributed by atoms with Gasteiger partial charge in [0.05, 0.1) is 101 Å². The minimum Gasteiger partial charge on any atom is -0.354 e. The van der Waals surface area contributed by atoms with E-state index in [2.05, 4.69) is 19.9 Å². The van der Waals surface area contributed by atoms with Gasteiger partial charge in [-0.05, 0) is 85.0 Å². The maximum absolute atomic E-state index is 15.5. The number of allylic oxidation sites excluding steroid dienone is 1. The molecule has 8 nitrogen and oxygen atoms in total. The average Bonchev–Trinajstić information content (AvgIpc) is 3.44. The first-order valence-electron chi connectivity index (χ1n) is 22.2. The number of aromatic amines is 4. The van der Waals surface area contributed by atoms with E-state index in [9.17, 15) is 52.7 Å². The van der Waals surface area contributed by atoms with E-state index in [0.29, 0.717) is 48.6 Å². The Labute approximate surface area is 436 Å². The Hall–Kier alpha value is -8.92. The Morgan fingerprint density at radius 2 is 0.573 bits per heavy atom. The lowest BCUT2D eigenvalue weighted by molar-refractivity contribution is -0.139. The average molecular weight is 1190 g/mol. The fourth-order valence-corrected chi connectivity index (χ4v) is 9.28. The van der Waals surface area contributed by atoms with Crippen molar-refractivity contribution >= 4 is 92.2 Å². The van der Waals surface area contributed by atoms with Gasteiger partial charge in [-0.3, -0.25) is 0 Å². The van der Waals surface area contributed by atoms with Crippen molar-refractivity contribution in [3.63, 3.8) is 0 Å². The zero-order valence-electron chi connectivity index (χ0n) is 38.9. The van der Waals surface area contributed by atoms with Crippen molar-refractivity contribution in [2.75, 3.05) is 0 Å². The molecular formula is C50H18F24N8. The van der Waals surface area contributed by atoms with Gasteiger partial charge in [0, 0.05) is 0 Å². The van der Waals surface area contributed by atoms with E-state index < -0.39 is 195 Å². The quantitative estimate of drug-likeness (QED) is 0.0894. The van der Waals surface area contributed by atoms with Crippen molar-refractivity contribution in [1.29, 1.82) is 0 Å². The van der Waals surface area contributed by atoms with Crippen molar-refractivity contribution in [3.8, 4) is 11.8 Å². The molecule has 32 heteroatoms. The van der Waals surface area contributed by atoms with Crippen LogP contribution in [0.25, 0.3) is 92.2 Å². The number of aromatic nitrogens is 8. The molecule has 10 rings (SSSR count). The molecule has 0 saturated heterocycles. The Bertz CT molecular complexity index is 4270. The summed E-state index contributed by atoms with van der Waals surface area (Å²) in [5.74, 6) is 3.55. The molecule has 4 aliphatic heterocycles. The van der Waals surface area contributed by atoms with Gasteiger partial charge in [-0.1, -0.05) is 11.8 Å². The van der Waals surface area contributed by atoms with Crippen LogP contribution in [0.3, 0.4) is 0 Å². The maximum Gasteiger partial charge on any atom is 0.420 e. The summed E-state index contributed by atoms with van der Waals surface area (Å²) >= 11 is 0. The number of alkyl halides is 24. The van der Waals surface area contributed by atoms with Crippen molar-refractivity contribution in [3.05, 3.63) is 138 Å². The number of hydrogen-bond acceptors (Lipinski definition) is 4. The first kappa shape index (κ1) is 56.4. The normalized spacial score (nSPS) is 14.4. The van der Waals surface area contributed by atoms with Crippen LogP contribution in [0.5, 0.6) is 0 Å². The molecule has 0 amide bonds. The molecule has 0 radical (unpaired) electrons. The first-order valence-corrected chi connectivity index (χ1v) is 22.2. The molecular weight excluding hydrogens is 1170 g/mol. The molecule has 0 unspecified atom stereocenters. The zero-order valence-corrected chi connectivity index (χ0v) is 38.9. The Morgan fingerprint density at radius 3 is 0.927 bits per heavy atom. The van der Waals surface area contributed by atoms with Crippen LogP contribution >= 0.6 is 0 Å². The molecule has 0 fully saturated rings. The topological polar surface area (TPSA) is 115 Å². The Morgan fingerprint density at radius 1 is 0.280 bits per heavy atom. The fourth-order valence-electron chi connectivity index (χ4n) is 9.28. The summed E-state index contributed by atoms with van der Waals surface area (Å²) in [4.78, 5) is 20.6. The predicted octanol–water partition coefficient (Wildman–Crippen LogP) is 17.2. The lowest BCUT2D eigenvalue weighted by Gasteiger charge is -2.11. The van der Waals surface area contributed by atoms with Crippen LogP contribution in [0.15, 0.2) is 42.5 Å². The molecule has 0 aliphatic carbocycles. The summed E-state index contributed by atoms with van der Waals surface area (Å²) in [6, 6.07) is 2.19. The van der Waals surface area contributed by atoms with Gasteiger partial charge in [0.2, 0.25) is 0 Å².